The molecule has 1 aromatic carbocycles. The molecule has 0 saturated heterocycles. The van der Waals surface area contributed by atoms with Crippen molar-refractivity contribution in [2.45, 2.75) is 50.3 Å². The van der Waals surface area contributed by atoms with Crippen LogP contribution in [0.3, 0.4) is 0 Å². The molecule has 1 rings (SSSR count). The Morgan fingerprint density at radius 1 is 1.10 bits per heavy atom. The molecule has 0 spiro atoms. The quantitative estimate of drug-likeness (QED) is 0.391. The largest absolute Gasteiger partial charge is 0.597 e. The number of benzene rings is 1. The third-order valence-electron chi connectivity index (χ3n) is 3.08. The zero-order valence-electron chi connectivity index (χ0n) is 12.4. The highest BCUT2D eigenvalue weighted by atomic mass is 32.3. The van der Waals surface area contributed by atoms with Crippen LogP contribution in [0, 0.1) is 0 Å². The van der Waals surface area contributed by atoms with Crippen LogP contribution in [-0.4, -0.2) is 18.7 Å². The minimum atomic E-state index is -3.73. The van der Waals surface area contributed by atoms with Gasteiger partial charge in [0.05, 0.1) is 16.3 Å². The third-order valence-corrected chi connectivity index (χ3v) is 6.25. The Kier molecular flexibility index (Phi) is 8.10. The van der Waals surface area contributed by atoms with Crippen LogP contribution in [-0.2, 0) is 21.4 Å². The van der Waals surface area contributed by atoms with Crippen LogP contribution in [0.15, 0.2) is 29.2 Å². The third kappa shape index (κ3) is 7.17. The molecule has 0 aliphatic rings. The Morgan fingerprint density at radius 3 is 2.29 bits per heavy atom. The van der Waals surface area contributed by atoms with E-state index in [9.17, 15) is 13.0 Å². The first kappa shape index (κ1) is 18.3. The number of nitrogen functional groups attached to an aromatic ring is 1. The maximum Gasteiger partial charge on any atom is 0.279 e. The maximum atomic E-state index is 12.0. The van der Waals surface area contributed by atoms with Crippen LogP contribution in [0.5, 0.6) is 0 Å². The van der Waals surface area contributed by atoms with Crippen molar-refractivity contribution in [3.05, 3.63) is 24.3 Å². The van der Waals surface area contributed by atoms with Gasteiger partial charge in [0.15, 0.2) is 0 Å². The average molecular weight is 332 g/mol. The van der Waals surface area contributed by atoms with Crippen molar-refractivity contribution in [2.75, 3.05) is 11.5 Å². The van der Waals surface area contributed by atoms with E-state index in [1.54, 1.807) is 0 Å². The molecule has 3 N–H and O–H groups in total. The zero-order chi connectivity index (χ0) is 15.7. The first-order chi connectivity index (χ1) is 9.95. The van der Waals surface area contributed by atoms with Crippen molar-refractivity contribution in [1.29, 1.82) is 0 Å². The van der Waals surface area contributed by atoms with Crippen molar-refractivity contribution in [3.8, 4) is 0 Å². The molecule has 0 aliphatic carbocycles. The molecule has 21 heavy (non-hydrogen) atoms. The first-order valence-corrected chi connectivity index (χ1v) is 10.0. The molecular weight excluding hydrogens is 308 g/mol. The van der Waals surface area contributed by atoms with Gasteiger partial charge in [-0.2, -0.15) is 0 Å². The van der Waals surface area contributed by atoms with E-state index >= 15 is 0 Å². The molecule has 1 unspecified atom stereocenters. The standard InChI is InChI=1S/C14H24N2O3S2/c1-2-3-4-5-6-7-12-20(17)16-21(18,19)14-10-8-13(15)9-11-14/h8-11,16H,2-7,12,15H2,1H3. The van der Waals surface area contributed by atoms with E-state index in [1.807, 2.05) is 0 Å². The summed E-state index contributed by atoms with van der Waals surface area (Å²) in [4.78, 5) is 0.0768. The van der Waals surface area contributed by atoms with Crippen LogP contribution in [0.1, 0.15) is 45.4 Å². The van der Waals surface area contributed by atoms with Gasteiger partial charge in [0.1, 0.15) is 5.75 Å². The average Bonchev–Trinajstić information content (AvgIpc) is 2.42. The molecule has 0 fully saturated rings. The molecule has 0 saturated carbocycles. The monoisotopic (exact) mass is 332 g/mol. The molecule has 0 aliphatic heterocycles. The van der Waals surface area contributed by atoms with Gasteiger partial charge >= 0.3 is 0 Å². The summed E-state index contributed by atoms with van der Waals surface area (Å²) >= 11 is -1.57. The van der Waals surface area contributed by atoms with Crippen LogP contribution in [0.4, 0.5) is 5.69 Å². The summed E-state index contributed by atoms with van der Waals surface area (Å²) in [5, 5.41) is 0. The summed E-state index contributed by atoms with van der Waals surface area (Å²) in [5.41, 5.74) is 6.00. The zero-order valence-corrected chi connectivity index (χ0v) is 14.0. The summed E-state index contributed by atoms with van der Waals surface area (Å²) in [6, 6.07) is 5.82. The fourth-order valence-corrected chi connectivity index (χ4v) is 4.53. The van der Waals surface area contributed by atoms with Crippen LogP contribution in [0.25, 0.3) is 0 Å². The van der Waals surface area contributed by atoms with Crippen LogP contribution >= 0.6 is 0 Å². The molecule has 0 heterocycles. The molecule has 0 radical (unpaired) electrons. The highest BCUT2D eigenvalue weighted by Crippen LogP contribution is 2.13. The van der Waals surface area contributed by atoms with E-state index in [2.05, 4.69) is 11.1 Å². The van der Waals surface area contributed by atoms with E-state index in [4.69, 9.17) is 5.73 Å². The van der Waals surface area contributed by atoms with Crippen LogP contribution < -0.4 is 9.86 Å². The van der Waals surface area contributed by atoms with Gasteiger partial charge < -0.3 is 10.3 Å². The number of unbranched alkanes of at least 4 members (excludes halogenated alkanes) is 5. The number of nitrogens with one attached hydrogen (secondary N) is 1. The highest BCUT2D eigenvalue weighted by molar-refractivity contribution is 8.04. The Hall–Kier alpha value is -0.760. The summed E-state index contributed by atoms with van der Waals surface area (Å²) in [6.07, 6.45) is 6.44. The number of hydrogen-bond donors (Lipinski definition) is 2. The molecule has 7 heteroatoms. The van der Waals surface area contributed by atoms with Gasteiger partial charge in [-0.05, 0) is 41.2 Å². The van der Waals surface area contributed by atoms with E-state index in [0.717, 1.165) is 19.3 Å². The second-order valence-corrected chi connectivity index (χ2v) is 8.22. The van der Waals surface area contributed by atoms with Crippen molar-refractivity contribution in [3.63, 3.8) is 0 Å². The first-order valence-electron chi connectivity index (χ1n) is 7.22. The minimum absolute atomic E-state index is 0.0768. The summed E-state index contributed by atoms with van der Waals surface area (Å²) in [7, 11) is -3.73. The predicted octanol–water partition coefficient (Wildman–Crippen LogP) is 2.57. The summed E-state index contributed by atoms with van der Waals surface area (Å²) < 4.78 is 37.9. The van der Waals surface area contributed by atoms with Gasteiger partial charge in [-0.15, -0.1) is 0 Å². The molecular formula is C14H24N2O3S2. The topological polar surface area (TPSA) is 95.2 Å². The van der Waals surface area contributed by atoms with Crippen molar-refractivity contribution < 1.29 is 13.0 Å². The lowest BCUT2D eigenvalue weighted by atomic mass is 10.1. The van der Waals surface area contributed by atoms with Gasteiger partial charge in [0, 0.05) is 5.69 Å². The maximum absolute atomic E-state index is 12.0. The van der Waals surface area contributed by atoms with Crippen molar-refractivity contribution in [1.82, 2.24) is 4.13 Å². The second-order valence-electron chi connectivity index (χ2n) is 4.97. The normalized spacial score (nSPS) is 13.2. The van der Waals surface area contributed by atoms with Gasteiger partial charge in [-0.3, -0.25) is 0 Å². The predicted molar refractivity (Wildman–Crippen MR) is 87.6 cm³/mol. The smallest absolute Gasteiger partial charge is 0.279 e. The fourth-order valence-electron chi connectivity index (χ4n) is 1.87. The lowest BCUT2D eigenvalue weighted by molar-refractivity contribution is 0.569. The minimum Gasteiger partial charge on any atom is -0.597 e. The van der Waals surface area contributed by atoms with E-state index in [1.165, 1.54) is 43.5 Å². The molecule has 0 aromatic heterocycles. The lowest BCUT2D eigenvalue weighted by Gasteiger charge is -2.11. The van der Waals surface area contributed by atoms with Gasteiger partial charge in [-0.1, -0.05) is 32.6 Å². The molecule has 1 aromatic rings. The van der Waals surface area contributed by atoms with Gasteiger partial charge in [-0.25, -0.2) is 8.42 Å². The number of hydrogen-bond acceptors (Lipinski definition) is 4. The SMILES string of the molecule is CCCCCCCC[S+]([O-])NS(=O)(=O)c1ccc(N)cc1. The molecule has 1 atom stereocenters. The van der Waals surface area contributed by atoms with E-state index in [0.29, 0.717) is 11.4 Å². The van der Waals surface area contributed by atoms with Crippen molar-refractivity contribution in [2.24, 2.45) is 0 Å². The Bertz CT molecular complexity index is 503. The second kappa shape index (κ2) is 9.30. The van der Waals surface area contributed by atoms with Gasteiger partial charge in [0.2, 0.25) is 0 Å². The fraction of sp³-hybridized carbons (Fsp3) is 0.571. The highest BCUT2D eigenvalue weighted by Gasteiger charge is 2.20. The molecule has 5 nitrogen and oxygen atoms in total. The van der Waals surface area contributed by atoms with E-state index in [-0.39, 0.29) is 4.90 Å². The van der Waals surface area contributed by atoms with Crippen LogP contribution in [0.2, 0.25) is 0 Å². The van der Waals surface area contributed by atoms with Gasteiger partial charge in [0.25, 0.3) is 10.0 Å². The number of anilines is 1. The summed E-state index contributed by atoms with van der Waals surface area (Å²) in [5.74, 6) is 0.348. The molecule has 0 bridgehead atoms. The Labute approximate surface area is 130 Å². The number of rotatable bonds is 10. The molecule has 120 valence electrons. The number of nitrogens with two attached hydrogens (primary N) is 1. The lowest BCUT2D eigenvalue weighted by Crippen LogP contribution is -2.32. The Morgan fingerprint density at radius 2 is 1.67 bits per heavy atom. The molecule has 0 amide bonds. The summed E-state index contributed by atoms with van der Waals surface area (Å²) in [6.45, 7) is 2.15. The van der Waals surface area contributed by atoms with E-state index < -0.39 is 21.4 Å². The van der Waals surface area contributed by atoms with Crippen molar-refractivity contribution >= 4 is 27.1 Å². The Balaban J connectivity index is 2.36. The number of sulfonamides is 1.